The molecule has 0 unspecified atom stereocenters. The zero-order valence-corrected chi connectivity index (χ0v) is 25.3. The normalized spacial score (nSPS) is 11.5. The molecule has 0 bridgehead atoms. The van der Waals surface area contributed by atoms with Crippen LogP contribution in [-0.4, -0.2) is 0 Å². The van der Waals surface area contributed by atoms with Gasteiger partial charge in [-0.2, -0.15) is 0 Å². The molecule has 0 saturated heterocycles. The van der Waals surface area contributed by atoms with E-state index in [2.05, 4.69) is 182 Å². The summed E-state index contributed by atoms with van der Waals surface area (Å²) in [7, 11) is 0. The van der Waals surface area contributed by atoms with E-state index in [1.54, 1.807) is 0 Å². The first kappa shape index (κ1) is 26.4. The van der Waals surface area contributed by atoms with E-state index in [-0.39, 0.29) is 0 Å². The zero-order valence-electron chi connectivity index (χ0n) is 25.3. The van der Waals surface area contributed by atoms with Crippen LogP contribution in [0.5, 0.6) is 0 Å². The Morgan fingerprint density at radius 2 is 0.652 bits per heavy atom. The van der Waals surface area contributed by atoms with Crippen LogP contribution in [0.25, 0.3) is 87.6 Å². The monoisotopic (exact) mass is 582 g/mol. The van der Waals surface area contributed by atoms with Crippen molar-refractivity contribution in [1.82, 2.24) is 0 Å². The van der Waals surface area contributed by atoms with Gasteiger partial charge in [-0.3, -0.25) is 0 Å². The number of hydrogen-bond acceptors (Lipinski definition) is 0. The van der Waals surface area contributed by atoms with Gasteiger partial charge in [0.15, 0.2) is 0 Å². The highest BCUT2D eigenvalue weighted by atomic mass is 14.2. The second-order valence-corrected chi connectivity index (χ2v) is 12.0. The lowest BCUT2D eigenvalue weighted by Crippen LogP contribution is -1.92. The molecule has 9 aromatic carbocycles. The molecule has 0 radical (unpaired) electrons. The number of benzene rings is 9. The molecule has 0 aliphatic carbocycles. The van der Waals surface area contributed by atoms with E-state index in [1.807, 2.05) is 0 Å². The van der Waals surface area contributed by atoms with Crippen molar-refractivity contribution in [2.75, 3.05) is 0 Å². The van der Waals surface area contributed by atoms with Gasteiger partial charge in [-0.05, 0) is 87.6 Å². The Bertz CT molecular complexity index is 2490. The summed E-state index contributed by atoms with van der Waals surface area (Å²) in [6, 6.07) is 66.5. The van der Waals surface area contributed by atoms with Crippen LogP contribution in [0.4, 0.5) is 0 Å². The molecule has 0 heterocycles. The Labute approximate surface area is 268 Å². The van der Waals surface area contributed by atoms with E-state index in [1.165, 1.54) is 87.6 Å². The van der Waals surface area contributed by atoms with Crippen LogP contribution in [-0.2, 0) is 0 Å². The van der Waals surface area contributed by atoms with Crippen molar-refractivity contribution in [1.29, 1.82) is 0 Å². The molecule has 0 fully saturated rings. The van der Waals surface area contributed by atoms with E-state index in [0.29, 0.717) is 0 Å². The molecule has 0 saturated carbocycles. The van der Waals surface area contributed by atoms with Crippen molar-refractivity contribution in [2.24, 2.45) is 0 Å². The standard InChI is InChI=1S/C46H30/c1-2-13-32(14-3-1)38-25-11-17-34-18-12-26-43(44(34)38)46-41-22-8-6-20-39(41)45(40-21-7-9-23-42(40)46)35-29-27-33(28-30-35)37-24-10-16-31-15-4-5-19-36(31)37/h1-30H. The van der Waals surface area contributed by atoms with Crippen LogP contribution < -0.4 is 0 Å². The minimum atomic E-state index is 1.23. The molecule has 0 nitrogen and oxygen atoms in total. The first-order chi connectivity index (χ1) is 22.8. The summed E-state index contributed by atoms with van der Waals surface area (Å²) in [5.74, 6) is 0. The summed E-state index contributed by atoms with van der Waals surface area (Å²) in [6.45, 7) is 0. The van der Waals surface area contributed by atoms with Crippen LogP contribution in [0.2, 0.25) is 0 Å². The fourth-order valence-corrected chi connectivity index (χ4v) is 7.43. The van der Waals surface area contributed by atoms with E-state index >= 15 is 0 Å². The fraction of sp³-hybridized carbons (Fsp3) is 0. The summed E-state index contributed by atoms with van der Waals surface area (Å²) in [5, 5.41) is 10.2. The maximum Gasteiger partial charge on any atom is -0.00199 e. The third kappa shape index (κ3) is 4.23. The van der Waals surface area contributed by atoms with Crippen molar-refractivity contribution < 1.29 is 0 Å². The van der Waals surface area contributed by atoms with Crippen LogP contribution >= 0.6 is 0 Å². The SMILES string of the molecule is c1ccc(-c2cccc3cccc(-c4c5ccccc5c(-c5ccc(-c6cccc7ccccc67)cc5)c5ccccc45)c23)cc1. The Kier molecular flexibility index (Phi) is 6.25. The Balaban J connectivity index is 1.31. The summed E-state index contributed by atoms with van der Waals surface area (Å²) < 4.78 is 0. The van der Waals surface area contributed by atoms with Crippen molar-refractivity contribution in [3.05, 3.63) is 182 Å². The summed E-state index contributed by atoms with van der Waals surface area (Å²) in [6.07, 6.45) is 0. The molecule has 0 spiro atoms. The molecule has 9 rings (SSSR count). The van der Waals surface area contributed by atoms with Gasteiger partial charge in [0.25, 0.3) is 0 Å². The fourth-order valence-electron chi connectivity index (χ4n) is 7.43. The van der Waals surface area contributed by atoms with Gasteiger partial charge in [0.05, 0.1) is 0 Å². The van der Waals surface area contributed by atoms with Gasteiger partial charge < -0.3 is 0 Å². The molecule has 9 aromatic rings. The first-order valence-corrected chi connectivity index (χ1v) is 15.9. The first-order valence-electron chi connectivity index (χ1n) is 15.9. The third-order valence-corrected chi connectivity index (χ3v) is 9.46. The van der Waals surface area contributed by atoms with E-state index in [4.69, 9.17) is 0 Å². The topological polar surface area (TPSA) is 0 Å². The smallest absolute Gasteiger partial charge is 0.00199 e. The number of rotatable bonds is 4. The second-order valence-electron chi connectivity index (χ2n) is 12.0. The van der Waals surface area contributed by atoms with Crippen LogP contribution in [0.3, 0.4) is 0 Å². The molecular formula is C46H30. The lowest BCUT2D eigenvalue weighted by Gasteiger charge is -2.20. The molecule has 0 aromatic heterocycles. The molecule has 0 N–H and O–H groups in total. The summed E-state index contributed by atoms with van der Waals surface area (Å²) in [4.78, 5) is 0. The second kappa shape index (κ2) is 10.9. The highest BCUT2D eigenvalue weighted by Crippen LogP contribution is 2.47. The quantitative estimate of drug-likeness (QED) is 0.181. The minimum Gasteiger partial charge on any atom is -0.0622 e. The highest BCUT2D eigenvalue weighted by Gasteiger charge is 2.19. The predicted octanol–water partition coefficient (Wildman–Crippen LogP) is 13.0. The zero-order chi connectivity index (χ0) is 30.5. The van der Waals surface area contributed by atoms with Crippen molar-refractivity contribution >= 4 is 43.1 Å². The number of hydrogen-bond donors (Lipinski definition) is 0. The van der Waals surface area contributed by atoms with Crippen molar-refractivity contribution in [2.45, 2.75) is 0 Å². The largest absolute Gasteiger partial charge is 0.0622 e. The van der Waals surface area contributed by atoms with E-state index in [0.717, 1.165) is 0 Å². The molecule has 0 amide bonds. The summed E-state index contributed by atoms with van der Waals surface area (Å²) in [5.41, 5.74) is 10.1. The average molecular weight is 583 g/mol. The predicted molar refractivity (Wildman–Crippen MR) is 198 cm³/mol. The van der Waals surface area contributed by atoms with Crippen molar-refractivity contribution in [3.8, 4) is 44.5 Å². The highest BCUT2D eigenvalue weighted by molar-refractivity contribution is 6.24. The van der Waals surface area contributed by atoms with Crippen LogP contribution in [0.1, 0.15) is 0 Å². The third-order valence-electron chi connectivity index (χ3n) is 9.46. The molecule has 0 heteroatoms. The lowest BCUT2D eigenvalue weighted by atomic mass is 9.83. The van der Waals surface area contributed by atoms with Gasteiger partial charge in [0.2, 0.25) is 0 Å². The van der Waals surface area contributed by atoms with Gasteiger partial charge in [-0.1, -0.05) is 182 Å². The molecule has 0 aliphatic heterocycles. The maximum absolute atomic E-state index is 2.31. The van der Waals surface area contributed by atoms with Crippen LogP contribution in [0.15, 0.2) is 182 Å². The lowest BCUT2D eigenvalue weighted by molar-refractivity contribution is 1.63. The molecule has 214 valence electrons. The molecule has 0 aliphatic rings. The summed E-state index contributed by atoms with van der Waals surface area (Å²) >= 11 is 0. The van der Waals surface area contributed by atoms with E-state index in [9.17, 15) is 0 Å². The Hall–Kier alpha value is -5.98. The molecule has 0 atom stereocenters. The number of fused-ring (bicyclic) bond motifs is 4. The Morgan fingerprint density at radius 1 is 0.217 bits per heavy atom. The average Bonchev–Trinajstić information content (AvgIpc) is 3.13. The van der Waals surface area contributed by atoms with Gasteiger partial charge in [-0.25, -0.2) is 0 Å². The van der Waals surface area contributed by atoms with Gasteiger partial charge >= 0.3 is 0 Å². The molecular weight excluding hydrogens is 553 g/mol. The van der Waals surface area contributed by atoms with Gasteiger partial charge in [0, 0.05) is 0 Å². The van der Waals surface area contributed by atoms with Crippen molar-refractivity contribution in [3.63, 3.8) is 0 Å². The van der Waals surface area contributed by atoms with E-state index < -0.39 is 0 Å². The molecule has 46 heavy (non-hydrogen) atoms. The Morgan fingerprint density at radius 3 is 1.30 bits per heavy atom. The maximum atomic E-state index is 2.31. The van der Waals surface area contributed by atoms with Gasteiger partial charge in [0.1, 0.15) is 0 Å². The van der Waals surface area contributed by atoms with Crippen LogP contribution in [0, 0.1) is 0 Å². The minimum absolute atomic E-state index is 1.23. The van der Waals surface area contributed by atoms with Gasteiger partial charge in [-0.15, -0.1) is 0 Å².